The molecule has 0 N–H and O–H groups in total. The molecule has 1 saturated heterocycles. The standard InChI is InChI=1S/C19H29N3O2/c1-13-8-7-9-14(2)18(13)22(11-15(3)20(4)5)19(24)16-10-17(23)21(6)12-16/h7-9,15-16H,10-12H2,1-6H3. The van der Waals surface area contributed by atoms with Crippen molar-refractivity contribution in [2.24, 2.45) is 5.92 Å². The molecule has 24 heavy (non-hydrogen) atoms. The summed E-state index contributed by atoms with van der Waals surface area (Å²) < 4.78 is 0. The van der Waals surface area contributed by atoms with Crippen molar-refractivity contribution in [2.75, 3.05) is 39.1 Å². The second kappa shape index (κ2) is 7.34. The van der Waals surface area contributed by atoms with E-state index >= 15 is 0 Å². The highest BCUT2D eigenvalue weighted by Gasteiger charge is 2.36. The molecule has 132 valence electrons. The molecule has 0 radical (unpaired) electrons. The third-order valence-electron chi connectivity index (χ3n) is 4.99. The number of likely N-dealkylation sites (N-methyl/N-ethyl adjacent to an activating group) is 1. The summed E-state index contributed by atoms with van der Waals surface area (Å²) in [6.07, 6.45) is 0.313. The Balaban J connectivity index is 2.36. The predicted molar refractivity (Wildman–Crippen MR) is 97.2 cm³/mol. The van der Waals surface area contributed by atoms with Crippen LogP contribution in [0.15, 0.2) is 18.2 Å². The molecule has 1 heterocycles. The van der Waals surface area contributed by atoms with Crippen LogP contribution in [0.1, 0.15) is 24.5 Å². The fourth-order valence-corrected chi connectivity index (χ4v) is 3.20. The van der Waals surface area contributed by atoms with E-state index < -0.39 is 0 Å². The van der Waals surface area contributed by atoms with Crippen molar-refractivity contribution >= 4 is 17.5 Å². The van der Waals surface area contributed by atoms with E-state index in [0.29, 0.717) is 19.5 Å². The Bertz CT molecular complexity index is 607. The molecule has 0 aromatic heterocycles. The van der Waals surface area contributed by atoms with Gasteiger partial charge in [0.25, 0.3) is 0 Å². The van der Waals surface area contributed by atoms with Crippen molar-refractivity contribution in [3.63, 3.8) is 0 Å². The maximum atomic E-state index is 13.2. The van der Waals surface area contributed by atoms with Crippen molar-refractivity contribution in [3.8, 4) is 0 Å². The van der Waals surface area contributed by atoms with Crippen molar-refractivity contribution in [3.05, 3.63) is 29.3 Å². The second-order valence-electron chi connectivity index (χ2n) is 7.18. The van der Waals surface area contributed by atoms with E-state index in [1.165, 1.54) is 0 Å². The Morgan fingerprint density at radius 2 is 1.88 bits per heavy atom. The monoisotopic (exact) mass is 331 g/mol. The number of carbonyl (C=O) groups excluding carboxylic acids is 2. The van der Waals surface area contributed by atoms with E-state index in [1.54, 1.807) is 11.9 Å². The molecule has 2 unspecified atom stereocenters. The van der Waals surface area contributed by atoms with Gasteiger partial charge in [0.15, 0.2) is 0 Å². The topological polar surface area (TPSA) is 43.9 Å². The van der Waals surface area contributed by atoms with Crippen LogP contribution in [0.3, 0.4) is 0 Å². The van der Waals surface area contributed by atoms with Gasteiger partial charge in [-0.2, -0.15) is 0 Å². The maximum absolute atomic E-state index is 13.2. The second-order valence-corrected chi connectivity index (χ2v) is 7.18. The summed E-state index contributed by atoms with van der Waals surface area (Å²) in [6.45, 7) is 7.31. The number of carbonyl (C=O) groups is 2. The lowest BCUT2D eigenvalue weighted by molar-refractivity contribution is -0.127. The van der Waals surface area contributed by atoms with Crippen LogP contribution in [-0.2, 0) is 9.59 Å². The Hall–Kier alpha value is -1.88. The molecule has 0 saturated carbocycles. The quantitative estimate of drug-likeness (QED) is 0.829. The number of nitrogens with zero attached hydrogens (tertiary/aromatic N) is 3. The molecule has 1 aliphatic heterocycles. The van der Waals surface area contributed by atoms with Crippen LogP contribution in [0.5, 0.6) is 0 Å². The molecule has 1 aromatic carbocycles. The zero-order valence-corrected chi connectivity index (χ0v) is 15.7. The van der Waals surface area contributed by atoms with Crippen LogP contribution in [0.2, 0.25) is 0 Å². The van der Waals surface area contributed by atoms with Crippen LogP contribution in [0.25, 0.3) is 0 Å². The SMILES string of the molecule is Cc1cccc(C)c1N(CC(C)N(C)C)C(=O)C1CC(=O)N(C)C1. The molecule has 0 bridgehead atoms. The van der Waals surface area contributed by atoms with Gasteiger partial charge in [0, 0.05) is 38.3 Å². The smallest absolute Gasteiger partial charge is 0.232 e. The molecule has 5 nitrogen and oxygen atoms in total. The lowest BCUT2D eigenvalue weighted by atomic mass is 10.0. The minimum atomic E-state index is -0.254. The zero-order valence-electron chi connectivity index (χ0n) is 15.7. The molecule has 0 aliphatic carbocycles. The Kier molecular flexibility index (Phi) is 5.65. The minimum Gasteiger partial charge on any atom is -0.345 e. The van der Waals surface area contributed by atoms with Gasteiger partial charge in [0.2, 0.25) is 11.8 Å². The first-order valence-electron chi connectivity index (χ1n) is 8.50. The number of para-hydroxylation sites is 1. The lowest BCUT2D eigenvalue weighted by Crippen LogP contribution is -2.45. The number of anilines is 1. The van der Waals surface area contributed by atoms with Crippen LogP contribution in [0, 0.1) is 19.8 Å². The van der Waals surface area contributed by atoms with E-state index in [4.69, 9.17) is 0 Å². The van der Waals surface area contributed by atoms with E-state index in [9.17, 15) is 9.59 Å². The average molecular weight is 331 g/mol. The fraction of sp³-hybridized carbons (Fsp3) is 0.579. The molecule has 0 spiro atoms. The Labute approximate surface area is 145 Å². The number of hydrogen-bond acceptors (Lipinski definition) is 3. The summed E-state index contributed by atoms with van der Waals surface area (Å²) in [7, 11) is 5.80. The third kappa shape index (κ3) is 3.78. The highest BCUT2D eigenvalue weighted by atomic mass is 16.2. The molecular weight excluding hydrogens is 302 g/mol. The first kappa shape index (κ1) is 18.5. The van der Waals surface area contributed by atoms with Gasteiger partial charge < -0.3 is 14.7 Å². The minimum absolute atomic E-state index is 0.0514. The summed E-state index contributed by atoms with van der Waals surface area (Å²) in [5, 5.41) is 0. The summed E-state index contributed by atoms with van der Waals surface area (Å²) >= 11 is 0. The Morgan fingerprint density at radius 3 is 2.33 bits per heavy atom. The van der Waals surface area contributed by atoms with E-state index in [2.05, 4.69) is 11.8 Å². The summed E-state index contributed by atoms with van der Waals surface area (Å²) in [5.74, 6) is -0.148. The molecular formula is C19H29N3O2. The summed E-state index contributed by atoms with van der Waals surface area (Å²) in [4.78, 5) is 30.7. The molecule has 2 rings (SSSR count). The van der Waals surface area contributed by atoms with Gasteiger partial charge in [-0.25, -0.2) is 0 Å². The van der Waals surface area contributed by atoms with Gasteiger partial charge >= 0.3 is 0 Å². The number of benzene rings is 1. The highest BCUT2D eigenvalue weighted by Crippen LogP contribution is 2.29. The van der Waals surface area contributed by atoms with Crippen molar-refractivity contribution < 1.29 is 9.59 Å². The normalized spacial score (nSPS) is 19.0. The molecule has 1 fully saturated rings. The molecule has 2 amide bonds. The molecule has 5 heteroatoms. The van der Waals surface area contributed by atoms with Crippen molar-refractivity contribution in [1.29, 1.82) is 0 Å². The number of aryl methyl sites for hydroxylation is 2. The van der Waals surface area contributed by atoms with Crippen molar-refractivity contribution in [1.82, 2.24) is 9.80 Å². The molecule has 1 aliphatic rings. The highest BCUT2D eigenvalue weighted by molar-refractivity contribution is 6.00. The van der Waals surface area contributed by atoms with Crippen LogP contribution >= 0.6 is 0 Å². The van der Waals surface area contributed by atoms with Gasteiger partial charge in [0.1, 0.15) is 0 Å². The largest absolute Gasteiger partial charge is 0.345 e. The van der Waals surface area contributed by atoms with E-state index in [0.717, 1.165) is 16.8 Å². The number of likely N-dealkylation sites (tertiary alicyclic amines) is 1. The first-order valence-corrected chi connectivity index (χ1v) is 8.50. The van der Waals surface area contributed by atoms with Crippen LogP contribution < -0.4 is 4.90 Å². The van der Waals surface area contributed by atoms with Gasteiger partial charge in [-0.3, -0.25) is 9.59 Å². The molecule has 2 atom stereocenters. The van der Waals surface area contributed by atoms with Crippen LogP contribution in [0.4, 0.5) is 5.69 Å². The Morgan fingerprint density at radius 1 is 1.29 bits per heavy atom. The van der Waals surface area contributed by atoms with E-state index in [-0.39, 0.29) is 23.8 Å². The van der Waals surface area contributed by atoms with E-state index in [1.807, 2.05) is 51.0 Å². The zero-order chi connectivity index (χ0) is 18.0. The average Bonchev–Trinajstić information content (AvgIpc) is 2.84. The van der Waals surface area contributed by atoms with Crippen LogP contribution in [-0.4, -0.2) is 61.9 Å². The predicted octanol–water partition coefficient (Wildman–Crippen LogP) is 2.06. The summed E-state index contributed by atoms with van der Waals surface area (Å²) in [5.41, 5.74) is 3.16. The van der Waals surface area contributed by atoms with Gasteiger partial charge in [-0.1, -0.05) is 18.2 Å². The lowest BCUT2D eigenvalue weighted by Gasteiger charge is -2.33. The number of amides is 2. The van der Waals surface area contributed by atoms with Gasteiger partial charge in [-0.15, -0.1) is 0 Å². The first-order chi connectivity index (χ1) is 11.2. The van der Waals surface area contributed by atoms with Gasteiger partial charge in [0.05, 0.1) is 5.92 Å². The fourth-order valence-electron chi connectivity index (χ4n) is 3.20. The maximum Gasteiger partial charge on any atom is 0.232 e. The van der Waals surface area contributed by atoms with Gasteiger partial charge in [-0.05, 0) is 46.0 Å². The summed E-state index contributed by atoms with van der Waals surface area (Å²) in [6, 6.07) is 6.31. The number of hydrogen-bond donors (Lipinski definition) is 0. The molecule has 1 aromatic rings. The third-order valence-corrected chi connectivity index (χ3v) is 4.99. The van der Waals surface area contributed by atoms with Crippen molar-refractivity contribution in [2.45, 2.75) is 33.2 Å². The number of rotatable bonds is 5.